The Kier molecular flexibility index (Phi) is 3.09. The summed E-state index contributed by atoms with van der Waals surface area (Å²) in [6, 6.07) is 8.97. The number of aryl methyl sites for hydroxylation is 1. The number of benzene rings is 1. The van der Waals surface area contributed by atoms with E-state index < -0.39 is 0 Å². The number of nitrogens with one attached hydrogen (secondary N) is 1. The average molecular weight is 231 g/mol. The molecule has 0 spiro atoms. The van der Waals surface area contributed by atoms with Crippen molar-refractivity contribution < 1.29 is 9.32 Å². The lowest BCUT2D eigenvalue weighted by Crippen LogP contribution is -2.23. The average Bonchev–Trinajstić information content (AvgIpc) is 2.74. The summed E-state index contributed by atoms with van der Waals surface area (Å²) < 4.78 is 4.83. The quantitative estimate of drug-likeness (QED) is 0.784. The molecule has 1 heterocycles. The van der Waals surface area contributed by atoms with Gasteiger partial charge in [0.1, 0.15) is 5.76 Å². The number of hydrogen-bond acceptors (Lipinski definition) is 4. The number of aromatic nitrogens is 1. The van der Waals surface area contributed by atoms with E-state index >= 15 is 0 Å². The smallest absolute Gasteiger partial charge is 0.273 e. The second-order valence-electron chi connectivity index (χ2n) is 3.70. The predicted octanol–water partition coefficient (Wildman–Crippen LogP) is 1.50. The zero-order chi connectivity index (χ0) is 12.3. The Bertz CT molecular complexity index is 534. The molecule has 0 bridgehead atoms. The van der Waals surface area contributed by atoms with Crippen LogP contribution in [0.5, 0.6) is 0 Å². The Morgan fingerprint density at radius 2 is 2.24 bits per heavy atom. The van der Waals surface area contributed by atoms with Crippen LogP contribution in [-0.4, -0.2) is 11.1 Å². The van der Waals surface area contributed by atoms with Gasteiger partial charge in [-0.2, -0.15) is 0 Å². The van der Waals surface area contributed by atoms with Crippen molar-refractivity contribution in [1.82, 2.24) is 10.5 Å². The van der Waals surface area contributed by atoms with E-state index in [1.54, 1.807) is 19.1 Å². The highest BCUT2D eigenvalue weighted by atomic mass is 16.5. The first-order chi connectivity index (χ1) is 8.16. The zero-order valence-corrected chi connectivity index (χ0v) is 9.43. The van der Waals surface area contributed by atoms with Crippen LogP contribution < -0.4 is 11.1 Å². The minimum Gasteiger partial charge on any atom is -0.398 e. The fourth-order valence-electron chi connectivity index (χ4n) is 1.43. The summed E-state index contributed by atoms with van der Waals surface area (Å²) in [4.78, 5) is 11.7. The summed E-state index contributed by atoms with van der Waals surface area (Å²) in [5, 5.41) is 6.36. The lowest BCUT2D eigenvalue weighted by Gasteiger charge is -2.05. The highest BCUT2D eigenvalue weighted by Gasteiger charge is 2.10. The third kappa shape index (κ3) is 2.63. The summed E-state index contributed by atoms with van der Waals surface area (Å²) in [6.45, 7) is 2.11. The molecule has 0 saturated carbocycles. The van der Waals surface area contributed by atoms with Crippen molar-refractivity contribution in [3.8, 4) is 0 Å². The summed E-state index contributed by atoms with van der Waals surface area (Å²) in [5.74, 6) is 0.333. The maximum Gasteiger partial charge on any atom is 0.273 e. The fraction of sp³-hybridized carbons (Fsp3) is 0.167. The number of anilines is 1. The number of hydrogen-bond donors (Lipinski definition) is 2. The molecular weight excluding hydrogens is 218 g/mol. The first kappa shape index (κ1) is 11.2. The lowest BCUT2D eigenvalue weighted by molar-refractivity contribution is 0.0942. The molecule has 0 atom stereocenters. The normalized spacial score (nSPS) is 10.2. The van der Waals surface area contributed by atoms with Crippen molar-refractivity contribution >= 4 is 11.6 Å². The van der Waals surface area contributed by atoms with Gasteiger partial charge in [-0.1, -0.05) is 23.4 Å². The number of carbonyl (C=O) groups excluding carboxylic acids is 1. The van der Waals surface area contributed by atoms with E-state index in [0.29, 0.717) is 18.0 Å². The van der Waals surface area contributed by atoms with E-state index in [0.717, 1.165) is 5.56 Å². The van der Waals surface area contributed by atoms with Crippen molar-refractivity contribution in [2.75, 3.05) is 5.73 Å². The Hall–Kier alpha value is -2.30. The molecule has 0 saturated heterocycles. The molecule has 5 heteroatoms. The van der Waals surface area contributed by atoms with Crippen LogP contribution in [0.3, 0.4) is 0 Å². The number of amides is 1. The number of carbonyl (C=O) groups is 1. The maximum atomic E-state index is 11.7. The van der Waals surface area contributed by atoms with Gasteiger partial charge < -0.3 is 15.6 Å². The molecule has 3 N–H and O–H groups in total. The van der Waals surface area contributed by atoms with Gasteiger partial charge in [0.2, 0.25) is 0 Å². The van der Waals surface area contributed by atoms with E-state index in [1.165, 1.54) is 0 Å². The molecule has 1 aromatic heterocycles. The summed E-state index contributed by atoms with van der Waals surface area (Å²) in [6.07, 6.45) is 0. The van der Waals surface area contributed by atoms with Crippen molar-refractivity contribution in [2.24, 2.45) is 0 Å². The summed E-state index contributed by atoms with van der Waals surface area (Å²) in [5.41, 5.74) is 7.57. The topological polar surface area (TPSA) is 81.2 Å². The van der Waals surface area contributed by atoms with Crippen LogP contribution in [-0.2, 0) is 6.54 Å². The molecule has 17 heavy (non-hydrogen) atoms. The molecule has 2 rings (SSSR count). The van der Waals surface area contributed by atoms with Crippen LogP contribution in [0.25, 0.3) is 0 Å². The van der Waals surface area contributed by atoms with Gasteiger partial charge in [-0.25, -0.2) is 0 Å². The molecule has 0 aliphatic carbocycles. The Labute approximate surface area is 98.6 Å². The van der Waals surface area contributed by atoms with Crippen molar-refractivity contribution in [3.63, 3.8) is 0 Å². The molecule has 0 unspecified atom stereocenters. The Morgan fingerprint density at radius 3 is 2.88 bits per heavy atom. The monoisotopic (exact) mass is 231 g/mol. The highest BCUT2D eigenvalue weighted by Crippen LogP contribution is 2.10. The largest absolute Gasteiger partial charge is 0.398 e. The fourth-order valence-corrected chi connectivity index (χ4v) is 1.43. The summed E-state index contributed by atoms with van der Waals surface area (Å²) in [7, 11) is 0. The minimum atomic E-state index is -0.273. The molecular formula is C12H13N3O2. The molecule has 1 aromatic carbocycles. The Morgan fingerprint density at radius 1 is 1.47 bits per heavy atom. The van der Waals surface area contributed by atoms with Gasteiger partial charge in [0, 0.05) is 18.3 Å². The van der Waals surface area contributed by atoms with E-state index in [1.807, 2.05) is 18.2 Å². The Balaban J connectivity index is 1.99. The zero-order valence-electron chi connectivity index (χ0n) is 9.43. The first-order valence-electron chi connectivity index (χ1n) is 5.21. The molecule has 0 aliphatic heterocycles. The second kappa shape index (κ2) is 4.69. The van der Waals surface area contributed by atoms with E-state index in [4.69, 9.17) is 10.3 Å². The van der Waals surface area contributed by atoms with Gasteiger partial charge in [0.05, 0.1) is 0 Å². The minimum absolute atomic E-state index is 0.273. The number of nitrogen functional groups attached to an aromatic ring is 1. The summed E-state index contributed by atoms with van der Waals surface area (Å²) >= 11 is 0. The highest BCUT2D eigenvalue weighted by molar-refractivity contribution is 5.92. The molecule has 5 nitrogen and oxygen atoms in total. The van der Waals surface area contributed by atoms with Crippen molar-refractivity contribution in [1.29, 1.82) is 0 Å². The van der Waals surface area contributed by atoms with E-state index in [9.17, 15) is 4.79 Å². The van der Waals surface area contributed by atoms with Crippen LogP contribution in [0.2, 0.25) is 0 Å². The number of para-hydroxylation sites is 1. The second-order valence-corrected chi connectivity index (χ2v) is 3.70. The van der Waals surface area contributed by atoms with E-state index in [2.05, 4.69) is 10.5 Å². The number of rotatable bonds is 3. The van der Waals surface area contributed by atoms with Gasteiger partial charge in [-0.3, -0.25) is 4.79 Å². The molecule has 0 aliphatic rings. The lowest BCUT2D eigenvalue weighted by atomic mass is 10.2. The van der Waals surface area contributed by atoms with Crippen LogP contribution in [0.1, 0.15) is 21.8 Å². The van der Waals surface area contributed by atoms with Gasteiger partial charge in [-0.15, -0.1) is 0 Å². The molecule has 88 valence electrons. The van der Waals surface area contributed by atoms with Gasteiger partial charge in [0.25, 0.3) is 5.91 Å². The number of nitrogens with zero attached hydrogens (tertiary/aromatic N) is 1. The SMILES string of the molecule is Cc1cc(C(=O)NCc2ccccc2N)no1. The predicted molar refractivity (Wildman–Crippen MR) is 63.3 cm³/mol. The third-order valence-electron chi connectivity index (χ3n) is 2.36. The molecule has 2 aromatic rings. The molecule has 1 amide bonds. The van der Waals surface area contributed by atoms with E-state index in [-0.39, 0.29) is 11.6 Å². The van der Waals surface area contributed by atoms with Crippen LogP contribution >= 0.6 is 0 Å². The van der Waals surface area contributed by atoms with Crippen LogP contribution in [0.15, 0.2) is 34.9 Å². The van der Waals surface area contributed by atoms with Crippen molar-refractivity contribution in [3.05, 3.63) is 47.3 Å². The van der Waals surface area contributed by atoms with Crippen LogP contribution in [0.4, 0.5) is 5.69 Å². The van der Waals surface area contributed by atoms with Crippen molar-refractivity contribution in [2.45, 2.75) is 13.5 Å². The number of nitrogens with two attached hydrogens (primary N) is 1. The van der Waals surface area contributed by atoms with Gasteiger partial charge in [0.15, 0.2) is 5.69 Å². The third-order valence-corrected chi connectivity index (χ3v) is 2.36. The first-order valence-corrected chi connectivity index (χ1v) is 5.21. The molecule has 0 fully saturated rings. The van der Waals surface area contributed by atoms with Crippen LogP contribution in [0, 0.1) is 6.92 Å². The standard InChI is InChI=1S/C12H13N3O2/c1-8-6-11(15-17-8)12(16)14-7-9-4-2-3-5-10(9)13/h2-6H,7,13H2,1H3,(H,14,16). The van der Waals surface area contributed by atoms with Gasteiger partial charge in [-0.05, 0) is 18.6 Å². The molecule has 0 radical (unpaired) electrons. The van der Waals surface area contributed by atoms with Gasteiger partial charge >= 0.3 is 0 Å². The maximum absolute atomic E-state index is 11.7.